The lowest BCUT2D eigenvalue weighted by molar-refractivity contribution is -0.124. The van der Waals surface area contributed by atoms with Crippen LogP contribution in [0.3, 0.4) is 0 Å². The molecule has 0 radical (unpaired) electrons. The van der Waals surface area contributed by atoms with Gasteiger partial charge in [-0.2, -0.15) is 0 Å². The maximum atomic E-state index is 12.5. The van der Waals surface area contributed by atoms with Gasteiger partial charge in [0.05, 0.1) is 12.6 Å². The topological polar surface area (TPSA) is 66.5 Å². The smallest absolute Gasteiger partial charge is 0.257 e. The van der Waals surface area contributed by atoms with Crippen molar-refractivity contribution in [3.05, 3.63) is 71.3 Å². The van der Waals surface area contributed by atoms with Crippen LogP contribution in [0.4, 0.5) is 0 Å². The maximum Gasteiger partial charge on any atom is 0.257 e. The normalized spacial score (nSPS) is 17.0. The molecule has 0 spiro atoms. The van der Waals surface area contributed by atoms with Crippen LogP contribution in [0.25, 0.3) is 0 Å². The number of hydrogen-bond donors (Lipinski definition) is 1. The van der Waals surface area contributed by atoms with E-state index in [4.69, 9.17) is 0 Å². The van der Waals surface area contributed by atoms with E-state index in [1.807, 2.05) is 42.2 Å². The van der Waals surface area contributed by atoms with Crippen molar-refractivity contribution in [2.24, 2.45) is 0 Å². The first kappa shape index (κ1) is 18.0. The van der Waals surface area contributed by atoms with Crippen LogP contribution in [0.15, 0.2) is 54.6 Å². The van der Waals surface area contributed by atoms with E-state index in [1.54, 1.807) is 24.3 Å². The van der Waals surface area contributed by atoms with E-state index in [2.05, 4.69) is 5.32 Å². The molecule has 2 aromatic carbocycles. The van der Waals surface area contributed by atoms with Crippen LogP contribution in [-0.2, 0) is 4.79 Å². The fourth-order valence-electron chi connectivity index (χ4n) is 3.18. The van der Waals surface area contributed by atoms with Crippen molar-refractivity contribution in [1.29, 1.82) is 0 Å². The SMILES string of the molecule is Cc1ccc(C(=O)CN2CCC[C@H]2C(=O)NC(=O)c2ccccc2)cc1. The molecule has 26 heavy (non-hydrogen) atoms. The predicted octanol–water partition coefficient (Wildman–Crippen LogP) is 2.60. The van der Waals surface area contributed by atoms with Gasteiger partial charge in [0.15, 0.2) is 5.78 Å². The van der Waals surface area contributed by atoms with Crippen LogP contribution in [0.5, 0.6) is 0 Å². The van der Waals surface area contributed by atoms with Crippen molar-refractivity contribution >= 4 is 17.6 Å². The molecular formula is C21H22N2O3. The van der Waals surface area contributed by atoms with Crippen molar-refractivity contribution in [1.82, 2.24) is 10.2 Å². The van der Waals surface area contributed by atoms with Crippen molar-refractivity contribution in [2.45, 2.75) is 25.8 Å². The van der Waals surface area contributed by atoms with Crippen LogP contribution in [-0.4, -0.2) is 41.6 Å². The number of likely N-dealkylation sites (tertiary alicyclic amines) is 1. The highest BCUT2D eigenvalue weighted by Gasteiger charge is 2.32. The standard InChI is InChI=1S/C21H22N2O3/c1-15-9-11-16(12-10-15)19(24)14-23-13-5-8-18(23)21(26)22-20(25)17-6-3-2-4-7-17/h2-4,6-7,9-12,18H,5,8,13-14H2,1H3,(H,22,25,26)/t18-/m0/s1. The second kappa shape index (κ2) is 8.06. The Kier molecular flexibility index (Phi) is 5.58. The summed E-state index contributed by atoms with van der Waals surface area (Å²) in [6, 6.07) is 15.6. The lowest BCUT2D eigenvalue weighted by atomic mass is 10.1. The predicted molar refractivity (Wildman–Crippen MR) is 99.0 cm³/mol. The molecule has 3 rings (SSSR count). The fourth-order valence-corrected chi connectivity index (χ4v) is 3.18. The first-order valence-corrected chi connectivity index (χ1v) is 8.79. The third-order valence-corrected chi connectivity index (χ3v) is 4.66. The molecule has 1 aliphatic heterocycles. The van der Waals surface area contributed by atoms with Crippen molar-refractivity contribution < 1.29 is 14.4 Å². The summed E-state index contributed by atoms with van der Waals surface area (Å²) in [7, 11) is 0. The van der Waals surface area contributed by atoms with E-state index in [0.29, 0.717) is 24.1 Å². The molecule has 1 aliphatic rings. The molecule has 0 aromatic heterocycles. The molecule has 0 aliphatic carbocycles. The van der Waals surface area contributed by atoms with Gasteiger partial charge in [-0.15, -0.1) is 0 Å². The van der Waals surface area contributed by atoms with Gasteiger partial charge in [-0.1, -0.05) is 48.0 Å². The number of nitrogens with one attached hydrogen (secondary N) is 1. The van der Waals surface area contributed by atoms with Gasteiger partial charge in [-0.3, -0.25) is 24.6 Å². The average Bonchev–Trinajstić information content (AvgIpc) is 3.11. The number of rotatable bonds is 5. The number of Topliss-reactive ketones (excluding diaryl/α,β-unsaturated/α-hetero) is 1. The molecule has 5 heteroatoms. The van der Waals surface area contributed by atoms with E-state index >= 15 is 0 Å². The Morgan fingerprint density at radius 2 is 1.69 bits per heavy atom. The van der Waals surface area contributed by atoms with Crippen LogP contribution in [0.1, 0.15) is 39.1 Å². The monoisotopic (exact) mass is 350 g/mol. The number of ketones is 1. The number of benzene rings is 2. The van der Waals surface area contributed by atoms with Crippen molar-refractivity contribution in [2.75, 3.05) is 13.1 Å². The zero-order chi connectivity index (χ0) is 18.5. The Labute approximate surface area is 153 Å². The number of carbonyl (C=O) groups is 3. The number of hydrogen-bond acceptors (Lipinski definition) is 4. The molecule has 0 saturated carbocycles. The van der Waals surface area contributed by atoms with Gasteiger partial charge in [-0.05, 0) is 38.4 Å². The van der Waals surface area contributed by atoms with Gasteiger partial charge < -0.3 is 0 Å². The van der Waals surface area contributed by atoms with Gasteiger partial charge >= 0.3 is 0 Å². The molecular weight excluding hydrogens is 328 g/mol. The number of aryl methyl sites for hydroxylation is 1. The third kappa shape index (κ3) is 4.24. The summed E-state index contributed by atoms with van der Waals surface area (Å²) in [5.41, 5.74) is 2.18. The Balaban J connectivity index is 1.62. The molecule has 1 saturated heterocycles. The zero-order valence-electron chi connectivity index (χ0n) is 14.8. The van der Waals surface area contributed by atoms with Gasteiger partial charge in [0.25, 0.3) is 5.91 Å². The van der Waals surface area contributed by atoms with E-state index in [0.717, 1.165) is 12.0 Å². The van der Waals surface area contributed by atoms with E-state index < -0.39 is 11.9 Å². The van der Waals surface area contributed by atoms with Crippen LogP contribution < -0.4 is 5.32 Å². The highest BCUT2D eigenvalue weighted by atomic mass is 16.2. The number of carbonyl (C=O) groups excluding carboxylic acids is 3. The lowest BCUT2D eigenvalue weighted by Crippen LogP contribution is -2.46. The fraction of sp³-hybridized carbons (Fsp3) is 0.286. The third-order valence-electron chi connectivity index (χ3n) is 4.66. The summed E-state index contributed by atoms with van der Waals surface area (Å²) < 4.78 is 0. The number of nitrogens with zero attached hydrogens (tertiary/aromatic N) is 1. The summed E-state index contributed by atoms with van der Waals surface area (Å²) in [5, 5.41) is 2.46. The Hall–Kier alpha value is -2.79. The summed E-state index contributed by atoms with van der Waals surface area (Å²) in [6.45, 7) is 2.83. The second-order valence-electron chi connectivity index (χ2n) is 6.60. The molecule has 134 valence electrons. The highest BCUT2D eigenvalue weighted by Crippen LogP contribution is 2.18. The van der Waals surface area contributed by atoms with Crippen LogP contribution >= 0.6 is 0 Å². The van der Waals surface area contributed by atoms with Gasteiger partial charge in [0, 0.05) is 11.1 Å². The second-order valence-corrected chi connectivity index (χ2v) is 6.60. The van der Waals surface area contributed by atoms with Crippen LogP contribution in [0.2, 0.25) is 0 Å². The van der Waals surface area contributed by atoms with Gasteiger partial charge in [0.1, 0.15) is 0 Å². The summed E-state index contributed by atoms with van der Waals surface area (Å²) in [5.74, 6) is -0.764. The Morgan fingerprint density at radius 1 is 1.00 bits per heavy atom. The maximum absolute atomic E-state index is 12.5. The summed E-state index contributed by atoms with van der Waals surface area (Å²) >= 11 is 0. The van der Waals surface area contributed by atoms with Gasteiger partial charge in [-0.25, -0.2) is 0 Å². The molecule has 1 heterocycles. The molecule has 1 N–H and O–H groups in total. The van der Waals surface area contributed by atoms with E-state index in [-0.39, 0.29) is 18.2 Å². The minimum Gasteiger partial charge on any atom is -0.293 e. The zero-order valence-corrected chi connectivity index (χ0v) is 14.8. The summed E-state index contributed by atoms with van der Waals surface area (Å²) in [6.07, 6.45) is 1.48. The molecule has 2 amide bonds. The molecule has 1 fully saturated rings. The highest BCUT2D eigenvalue weighted by molar-refractivity contribution is 6.06. The first-order valence-electron chi connectivity index (χ1n) is 8.79. The quantitative estimate of drug-likeness (QED) is 0.665. The molecule has 0 bridgehead atoms. The molecule has 5 nitrogen and oxygen atoms in total. The minimum atomic E-state index is -0.447. The largest absolute Gasteiger partial charge is 0.293 e. The molecule has 1 atom stereocenters. The Morgan fingerprint density at radius 3 is 2.38 bits per heavy atom. The average molecular weight is 350 g/mol. The molecule has 0 unspecified atom stereocenters. The first-order chi connectivity index (χ1) is 12.5. The lowest BCUT2D eigenvalue weighted by Gasteiger charge is -2.22. The minimum absolute atomic E-state index is 0.0147. The van der Waals surface area contributed by atoms with E-state index in [1.165, 1.54) is 0 Å². The number of imide groups is 1. The molecule has 2 aromatic rings. The van der Waals surface area contributed by atoms with Crippen molar-refractivity contribution in [3.63, 3.8) is 0 Å². The Bertz CT molecular complexity index is 800. The summed E-state index contributed by atoms with van der Waals surface area (Å²) in [4.78, 5) is 39.0. The van der Waals surface area contributed by atoms with E-state index in [9.17, 15) is 14.4 Å². The van der Waals surface area contributed by atoms with Crippen LogP contribution in [0, 0.1) is 6.92 Å². The van der Waals surface area contributed by atoms with Crippen molar-refractivity contribution in [3.8, 4) is 0 Å². The number of amides is 2. The van der Waals surface area contributed by atoms with Gasteiger partial charge in [0.2, 0.25) is 5.91 Å².